The van der Waals surface area contributed by atoms with Gasteiger partial charge in [-0.05, 0) is 43.2 Å². The van der Waals surface area contributed by atoms with Gasteiger partial charge >= 0.3 is 0 Å². The Morgan fingerprint density at radius 2 is 1.68 bits per heavy atom. The van der Waals surface area contributed by atoms with E-state index in [2.05, 4.69) is 10.3 Å². The molecule has 3 rings (SSSR count). The third kappa shape index (κ3) is 2.22. The summed E-state index contributed by atoms with van der Waals surface area (Å²) < 4.78 is 27.9. The minimum Gasteiger partial charge on any atom is -0.382 e. The van der Waals surface area contributed by atoms with E-state index in [-0.39, 0.29) is 5.82 Å². The number of aryl methyl sites for hydroxylation is 2. The van der Waals surface area contributed by atoms with Gasteiger partial charge in [-0.25, -0.2) is 8.78 Å². The number of nitrogen functional groups attached to an aromatic ring is 1. The highest BCUT2D eigenvalue weighted by atomic mass is 19.2. The Labute approximate surface area is 126 Å². The molecule has 1 heterocycles. The highest BCUT2D eigenvalue weighted by molar-refractivity contribution is 5.71. The van der Waals surface area contributed by atoms with Gasteiger partial charge in [0.05, 0.1) is 5.69 Å². The molecule has 0 aliphatic rings. The van der Waals surface area contributed by atoms with E-state index < -0.39 is 11.6 Å². The monoisotopic (exact) mass is 300 g/mol. The summed E-state index contributed by atoms with van der Waals surface area (Å²) in [6, 6.07) is 9.36. The molecule has 3 aromatic rings. The van der Waals surface area contributed by atoms with Crippen LogP contribution in [0, 0.1) is 25.5 Å². The highest BCUT2D eigenvalue weighted by Gasteiger charge is 2.17. The molecule has 0 fully saturated rings. The second-order valence-electron chi connectivity index (χ2n) is 5.10. The molecular formula is C16H14F2N4. The smallest absolute Gasteiger partial charge is 0.159 e. The van der Waals surface area contributed by atoms with E-state index in [0.717, 1.165) is 28.9 Å². The summed E-state index contributed by atoms with van der Waals surface area (Å²) in [5.74, 6) is -1.58. The van der Waals surface area contributed by atoms with Crippen molar-refractivity contribution in [2.45, 2.75) is 13.8 Å². The van der Waals surface area contributed by atoms with E-state index in [1.165, 1.54) is 10.7 Å². The topological polar surface area (TPSA) is 56.7 Å². The SMILES string of the molecule is Cc1cccc(C)c1-n1nnc(-c2ccc(F)c(F)c2)c1N. The van der Waals surface area contributed by atoms with Gasteiger partial charge in [0.15, 0.2) is 17.5 Å². The first-order chi connectivity index (χ1) is 10.5. The fraction of sp³-hybridized carbons (Fsp3) is 0.125. The van der Waals surface area contributed by atoms with Gasteiger partial charge in [-0.15, -0.1) is 5.10 Å². The van der Waals surface area contributed by atoms with E-state index in [9.17, 15) is 8.78 Å². The number of hydrogen-bond acceptors (Lipinski definition) is 3. The standard InChI is InChI=1S/C16H14F2N4/c1-9-4-3-5-10(2)15(9)22-16(19)14(20-21-22)11-6-7-12(17)13(18)8-11/h3-8H,19H2,1-2H3. The van der Waals surface area contributed by atoms with E-state index in [1.54, 1.807) is 0 Å². The first-order valence-electron chi connectivity index (χ1n) is 6.72. The van der Waals surface area contributed by atoms with Crippen molar-refractivity contribution in [2.75, 3.05) is 5.73 Å². The molecule has 2 N–H and O–H groups in total. The molecule has 112 valence electrons. The number of rotatable bonds is 2. The van der Waals surface area contributed by atoms with Crippen LogP contribution < -0.4 is 5.73 Å². The minimum atomic E-state index is -0.946. The molecule has 0 radical (unpaired) electrons. The summed E-state index contributed by atoms with van der Waals surface area (Å²) in [7, 11) is 0. The molecule has 6 heteroatoms. The molecule has 1 aromatic heterocycles. The van der Waals surface area contributed by atoms with E-state index in [0.29, 0.717) is 11.3 Å². The lowest BCUT2D eigenvalue weighted by atomic mass is 10.1. The van der Waals surface area contributed by atoms with Crippen LogP contribution in [0.1, 0.15) is 11.1 Å². The fourth-order valence-corrected chi connectivity index (χ4v) is 2.44. The first-order valence-corrected chi connectivity index (χ1v) is 6.72. The number of nitrogens with two attached hydrogens (primary N) is 1. The zero-order chi connectivity index (χ0) is 15.9. The third-order valence-corrected chi connectivity index (χ3v) is 3.55. The number of nitrogens with zero attached hydrogens (tertiary/aromatic N) is 3. The van der Waals surface area contributed by atoms with Crippen molar-refractivity contribution in [1.82, 2.24) is 15.0 Å². The summed E-state index contributed by atoms with van der Waals surface area (Å²) >= 11 is 0. The summed E-state index contributed by atoms with van der Waals surface area (Å²) in [5.41, 5.74) is 9.64. The van der Waals surface area contributed by atoms with Crippen molar-refractivity contribution in [3.05, 3.63) is 59.2 Å². The van der Waals surface area contributed by atoms with Gasteiger partial charge in [-0.2, -0.15) is 4.68 Å². The van der Waals surface area contributed by atoms with Crippen molar-refractivity contribution >= 4 is 5.82 Å². The first kappa shape index (κ1) is 14.2. The van der Waals surface area contributed by atoms with Crippen LogP contribution in [0.2, 0.25) is 0 Å². The van der Waals surface area contributed by atoms with Gasteiger partial charge in [0.2, 0.25) is 0 Å². The lowest BCUT2D eigenvalue weighted by molar-refractivity contribution is 0.509. The Bertz CT molecular complexity index is 835. The molecule has 0 aliphatic carbocycles. The van der Waals surface area contributed by atoms with Crippen LogP contribution in [0.5, 0.6) is 0 Å². The van der Waals surface area contributed by atoms with E-state index >= 15 is 0 Å². The maximum atomic E-state index is 13.4. The second-order valence-corrected chi connectivity index (χ2v) is 5.10. The van der Waals surface area contributed by atoms with Crippen LogP contribution in [0.3, 0.4) is 0 Å². The van der Waals surface area contributed by atoms with Crippen molar-refractivity contribution in [1.29, 1.82) is 0 Å². The average Bonchev–Trinajstić information content (AvgIpc) is 2.84. The molecule has 0 atom stereocenters. The molecule has 0 bridgehead atoms. The van der Waals surface area contributed by atoms with Crippen LogP contribution >= 0.6 is 0 Å². The average molecular weight is 300 g/mol. The molecule has 0 amide bonds. The fourth-order valence-electron chi connectivity index (χ4n) is 2.44. The summed E-state index contributed by atoms with van der Waals surface area (Å²) in [6.45, 7) is 3.89. The Kier molecular flexibility index (Phi) is 3.36. The molecule has 0 saturated carbocycles. The van der Waals surface area contributed by atoms with Crippen LogP contribution in [-0.4, -0.2) is 15.0 Å². The van der Waals surface area contributed by atoms with Gasteiger partial charge in [-0.3, -0.25) is 0 Å². The molecule has 4 nitrogen and oxygen atoms in total. The molecule has 0 aliphatic heterocycles. The zero-order valence-electron chi connectivity index (χ0n) is 12.1. The number of hydrogen-bond donors (Lipinski definition) is 1. The maximum Gasteiger partial charge on any atom is 0.159 e. The largest absolute Gasteiger partial charge is 0.382 e. The van der Waals surface area contributed by atoms with Crippen molar-refractivity contribution < 1.29 is 8.78 Å². The zero-order valence-corrected chi connectivity index (χ0v) is 12.1. The minimum absolute atomic E-state index is 0.281. The quantitative estimate of drug-likeness (QED) is 0.789. The van der Waals surface area contributed by atoms with Gasteiger partial charge in [-0.1, -0.05) is 23.4 Å². The van der Waals surface area contributed by atoms with Gasteiger partial charge in [0.25, 0.3) is 0 Å². The molecule has 0 spiro atoms. The van der Waals surface area contributed by atoms with Crippen LogP contribution in [0.4, 0.5) is 14.6 Å². The van der Waals surface area contributed by atoms with Crippen LogP contribution in [0.15, 0.2) is 36.4 Å². The summed E-state index contributed by atoms with van der Waals surface area (Å²) in [6.07, 6.45) is 0. The number of anilines is 1. The Morgan fingerprint density at radius 1 is 1.00 bits per heavy atom. The second kappa shape index (κ2) is 5.22. The Balaban J connectivity index is 2.15. The number of aromatic nitrogens is 3. The van der Waals surface area contributed by atoms with Crippen LogP contribution in [0.25, 0.3) is 16.9 Å². The van der Waals surface area contributed by atoms with Gasteiger partial charge < -0.3 is 5.73 Å². The van der Waals surface area contributed by atoms with Gasteiger partial charge in [0, 0.05) is 5.56 Å². The highest BCUT2D eigenvalue weighted by Crippen LogP contribution is 2.28. The van der Waals surface area contributed by atoms with E-state index in [4.69, 9.17) is 5.73 Å². The predicted molar refractivity (Wildman–Crippen MR) is 80.6 cm³/mol. The third-order valence-electron chi connectivity index (χ3n) is 3.55. The Hall–Kier alpha value is -2.76. The van der Waals surface area contributed by atoms with E-state index in [1.807, 2.05) is 32.0 Å². The lowest BCUT2D eigenvalue weighted by Crippen LogP contribution is -2.06. The van der Waals surface area contributed by atoms with Crippen molar-refractivity contribution in [2.24, 2.45) is 0 Å². The lowest BCUT2D eigenvalue weighted by Gasteiger charge is -2.10. The van der Waals surface area contributed by atoms with Gasteiger partial charge in [0.1, 0.15) is 5.69 Å². The van der Waals surface area contributed by atoms with Crippen LogP contribution in [-0.2, 0) is 0 Å². The molecule has 0 unspecified atom stereocenters. The summed E-state index contributed by atoms with van der Waals surface area (Å²) in [4.78, 5) is 0. The molecular weight excluding hydrogens is 286 g/mol. The van der Waals surface area contributed by atoms with Crippen molar-refractivity contribution in [3.8, 4) is 16.9 Å². The summed E-state index contributed by atoms with van der Waals surface area (Å²) in [5, 5.41) is 8.08. The molecule has 22 heavy (non-hydrogen) atoms. The number of halogens is 2. The molecule has 2 aromatic carbocycles. The van der Waals surface area contributed by atoms with Crippen molar-refractivity contribution in [3.63, 3.8) is 0 Å². The maximum absolute atomic E-state index is 13.4. The Morgan fingerprint density at radius 3 is 2.32 bits per heavy atom. The number of para-hydroxylation sites is 1. The number of benzene rings is 2. The molecule has 0 saturated heterocycles. The normalized spacial score (nSPS) is 10.9. The predicted octanol–water partition coefficient (Wildman–Crippen LogP) is 3.41.